The van der Waals surface area contributed by atoms with Crippen molar-refractivity contribution in [2.24, 2.45) is 0 Å². The summed E-state index contributed by atoms with van der Waals surface area (Å²) in [7, 11) is 0. The minimum Gasteiger partial charge on any atom is -0.478 e. The van der Waals surface area contributed by atoms with Crippen LogP contribution < -0.4 is 0 Å². The molecule has 28 heavy (non-hydrogen) atoms. The monoisotopic (exact) mass is 418 g/mol. The van der Waals surface area contributed by atoms with Crippen LogP contribution in [0.25, 0.3) is 0 Å². The van der Waals surface area contributed by atoms with E-state index in [9.17, 15) is 19.8 Å². The smallest absolute Gasteiger partial charge is 0.336 e. The molecule has 0 saturated carbocycles. The second-order valence-corrected chi connectivity index (χ2v) is 8.69. The highest BCUT2D eigenvalue weighted by atomic mass is 32.2. The molecule has 0 atom stereocenters. The molecule has 150 valence electrons. The molecule has 0 aromatic heterocycles. The molecule has 0 aliphatic rings. The van der Waals surface area contributed by atoms with Crippen molar-refractivity contribution in [2.45, 2.75) is 48.3 Å². The Balaban J connectivity index is 1.53. The average molecular weight is 419 g/mol. The van der Waals surface area contributed by atoms with Crippen molar-refractivity contribution in [1.82, 2.24) is 0 Å². The van der Waals surface area contributed by atoms with Crippen LogP contribution in [0.3, 0.4) is 0 Å². The molecule has 0 unspecified atom stereocenters. The summed E-state index contributed by atoms with van der Waals surface area (Å²) in [5.41, 5.74) is 0.768. The number of hydrogen-bond donors (Lipinski definition) is 2. The minimum atomic E-state index is -0.869. The fraction of sp³-hybridized carbons (Fsp3) is 0.364. The van der Waals surface area contributed by atoms with E-state index in [4.69, 9.17) is 0 Å². The molecule has 0 fully saturated rings. The quantitative estimate of drug-likeness (QED) is 0.293. The van der Waals surface area contributed by atoms with Crippen LogP contribution in [-0.4, -0.2) is 33.7 Å². The van der Waals surface area contributed by atoms with Gasteiger partial charge in [0, 0.05) is 9.79 Å². The van der Waals surface area contributed by atoms with E-state index in [0.717, 1.165) is 47.0 Å². The molecule has 2 aromatic carbocycles. The van der Waals surface area contributed by atoms with Gasteiger partial charge in [0.05, 0.1) is 11.1 Å². The molecule has 0 saturated heterocycles. The Hall–Kier alpha value is -1.92. The predicted molar refractivity (Wildman–Crippen MR) is 116 cm³/mol. The van der Waals surface area contributed by atoms with Gasteiger partial charge in [0.25, 0.3) is 0 Å². The first-order valence-electron chi connectivity index (χ1n) is 9.50. The number of benzene rings is 2. The number of rotatable bonds is 13. The summed E-state index contributed by atoms with van der Waals surface area (Å²) in [6, 6.07) is 14.3. The van der Waals surface area contributed by atoms with E-state index >= 15 is 0 Å². The summed E-state index contributed by atoms with van der Waals surface area (Å²) >= 11 is 3.23. The highest BCUT2D eigenvalue weighted by Gasteiger charge is 2.09. The van der Waals surface area contributed by atoms with E-state index in [1.165, 1.54) is 12.8 Å². The van der Waals surface area contributed by atoms with Crippen LogP contribution in [0.2, 0.25) is 0 Å². The first kappa shape index (κ1) is 22.4. The lowest BCUT2D eigenvalue weighted by atomic mass is 10.1. The maximum Gasteiger partial charge on any atom is 0.336 e. The Bertz CT molecular complexity index is 711. The third kappa shape index (κ3) is 7.60. The van der Waals surface area contributed by atoms with Gasteiger partial charge in [0.15, 0.2) is 0 Å². The molecule has 0 aliphatic carbocycles. The third-order valence-electron chi connectivity index (χ3n) is 4.29. The predicted octanol–water partition coefficient (Wildman–Crippen LogP) is 6.31. The van der Waals surface area contributed by atoms with E-state index in [-0.39, 0.29) is 0 Å². The van der Waals surface area contributed by atoms with Crippen LogP contribution in [-0.2, 0) is 0 Å². The van der Waals surface area contributed by atoms with Crippen molar-refractivity contribution in [2.75, 3.05) is 11.5 Å². The van der Waals surface area contributed by atoms with Crippen LogP contribution in [0.1, 0.15) is 59.2 Å². The van der Waals surface area contributed by atoms with Crippen molar-refractivity contribution in [3.8, 4) is 0 Å². The minimum absolute atomic E-state index is 0.384. The molecule has 0 heterocycles. The van der Waals surface area contributed by atoms with Crippen molar-refractivity contribution in [3.63, 3.8) is 0 Å². The van der Waals surface area contributed by atoms with Crippen molar-refractivity contribution >= 4 is 35.5 Å². The highest BCUT2D eigenvalue weighted by Crippen LogP contribution is 2.25. The van der Waals surface area contributed by atoms with Crippen LogP contribution >= 0.6 is 23.5 Å². The Morgan fingerprint density at radius 3 is 1.36 bits per heavy atom. The summed E-state index contributed by atoms with van der Waals surface area (Å²) in [6.45, 7) is 0. The summed E-state index contributed by atoms with van der Waals surface area (Å²) < 4.78 is 0. The van der Waals surface area contributed by atoms with Crippen LogP contribution in [0, 0.1) is 0 Å². The van der Waals surface area contributed by atoms with Gasteiger partial charge in [0.2, 0.25) is 0 Å². The zero-order chi connectivity index (χ0) is 20.2. The molecule has 2 N–H and O–H groups in total. The van der Waals surface area contributed by atoms with E-state index in [1.54, 1.807) is 47.8 Å². The lowest BCUT2D eigenvalue weighted by Crippen LogP contribution is -1.98. The van der Waals surface area contributed by atoms with Gasteiger partial charge >= 0.3 is 11.9 Å². The SMILES string of the molecule is O=C(O)c1ccccc1SCCCCCCCCSc1ccccc1C(=O)O. The normalized spacial score (nSPS) is 10.7. The Kier molecular flexibility index (Phi) is 10.0. The van der Waals surface area contributed by atoms with Crippen LogP contribution in [0.5, 0.6) is 0 Å². The summed E-state index contributed by atoms with van der Waals surface area (Å²) in [6.07, 6.45) is 6.82. The highest BCUT2D eigenvalue weighted by molar-refractivity contribution is 7.99. The van der Waals surface area contributed by atoms with Gasteiger partial charge in [-0.1, -0.05) is 49.9 Å². The number of unbranched alkanes of at least 4 members (excludes halogenated alkanes) is 5. The zero-order valence-corrected chi connectivity index (χ0v) is 17.4. The second-order valence-electron chi connectivity index (χ2n) is 6.42. The summed E-state index contributed by atoms with van der Waals surface area (Å²) in [5.74, 6) is 0.136. The molecule has 0 radical (unpaired) electrons. The average Bonchev–Trinajstić information content (AvgIpc) is 2.69. The molecule has 2 aromatic rings. The number of aromatic carboxylic acids is 2. The number of hydrogen-bond acceptors (Lipinski definition) is 4. The molecular formula is C22H26O4S2. The first-order valence-corrected chi connectivity index (χ1v) is 11.5. The number of thioether (sulfide) groups is 2. The summed E-state index contributed by atoms with van der Waals surface area (Å²) in [5, 5.41) is 18.4. The van der Waals surface area contributed by atoms with Crippen LogP contribution in [0.4, 0.5) is 0 Å². The van der Waals surface area contributed by atoms with Crippen molar-refractivity contribution in [1.29, 1.82) is 0 Å². The van der Waals surface area contributed by atoms with E-state index in [1.807, 2.05) is 24.3 Å². The van der Waals surface area contributed by atoms with Gasteiger partial charge in [-0.15, -0.1) is 23.5 Å². The molecule has 0 aliphatic heterocycles. The van der Waals surface area contributed by atoms with Crippen molar-refractivity contribution < 1.29 is 19.8 Å². The Morgan fingerprint density at radius 2 is 0.964 bits per heavy atom. The number of carboxylic acid groups (broad SMARTS) is 2. The molecular weight excluding hydrogens is 392 g/mol. The van der Waals surface area contributed by atoms with E-state index < -0.39 is 11.9 Å². The fourth-order valence-corrected chi connectivity index (χ4v) is 4.92. The van der Waals surface area contributed by atoms with E-state index in [2.05, 4.69) is 0 Å². The second kappa shape index (κ2) is 12.5. The van der Waals surface area contributed by atoms with Gasteiger partial charge in [-0.3, -0.25) is 0 Å². The van der Waals surface area contributed by atoms with Crippen LogP contribution in [0.15, 0.2) is 58.3 Å². The van der Waals surface area contributed by atoms with E-state index in [0.29, 0.717) is 11.1 Å². The lowest BCUT2D eigenvalue weighted by Gasteiger charge is -2.06. The summed E-state index contributed by atoms with van der Waals surface area (Å²) in [4.78, 5) is 24.0. The molecule has 0 bridgehead atoms. The Morgan fingerprint density at radius 1 is 0.607 bits per heavy atom. The zero-order valence-electron chi connectivity index (χ0n) is 15.8. The Labute approximate surface area is 174 Å². The number of carboxylic acids is 2. The van der Waals surface area contributed by atoms with Gasteiger partial charge in [-0.2, -0.15) is 0 Å². The third-order valence-corrected chi connectivity index (χ3v) is 6.61. The topological polar surface area (TPSA) is 74.6 Å². The molecule has 0 amide bonds. The van der Waals surface area contributed by atoms with Crippen molar-refractivity contribution in [3.05, 3.63) is 59.7 Å². The maximum atomic E-state index is 11.2. The lowest BCUT2D eigenvalue weighted by molar-refractivity contribution is 0.0682. The standard InChI is InChI=1S/C22H26O4S2/c23-21(24)17-11-5-7-13-19(17)27-15-9-3-1-2-4-10-16-28-20-14-8-6-12-18(20)22(25)26/h5-8,11-14H,1-4,9-10,15-16H2,(H,23,24)(H,25,26). The van der Waals surface area contributed by atoms with Gasteiger partial charge < -0.3 is 10.2 Å². The molecule has 2 rings (SSSR count). The largest absolute Gasteiger partial charge is 0.478 e. The fourth-order valence-electron chi connectivity index (χ4n) is 2.81. The van der Waals surface area contributed by atoms with Gasteiger partial charge in [0.1, 0.15) is 0 Å². The van der Waals surface area contributed by atoms with Gasteiger partial charge in [-0.25, -0.2) is 9.59 Å². The first-order chi connectivity index (χ1) is 13.6. The molecule has 4 nitrogen and oxygen atoms in total. The number of carbonyl (C=O) groups is 2. The van der Waals surface area contributed by atoms with Gasteiger partial charge in [-0.05, 0) is 48.6 Å². The molecule has 0 spiro atoms. The molecule has 6 heteroatoms. The maximum absolute atomic E-state index is 11.2.